The summed E-state index contributed by atoms with van der Waals surface area (Å²) in [5, 5.41) is 3.46. The van der Waals surface area contributed by atoms with E-state index in [4.69, 9.17) is 0 Å². The number of amides is 1. The number of carbonyl (C=O) groups is 1. The number of rotatable bonds is 2. The molecule has 0 radical (unpaired) electrons. The molecule has 4 bridgehead atoms. The Kier molecular flexibility index (Phi) is 3.12. The fourth-order valence-electron chi connectivity index (χ4n) is 6.13. The van der Waals surface area contributed by atoms with Crippen LogP contribution < -0.4 is 5.32 Å². The molecule has 0 unspecified atom stereocenters. The van der Waals surface area contributed by atoms with Gasteiger partial charge in [-0.2, -0.15) is 0 Å². The van der Waals surface area contributed by atoms with Crippen LogP contribution in [0.5, 0.6) is 0 Å². The molecule has 112 valence electrons. The normalized spacial score (nSPS) is 50.1. The highest BCUT2D eigenvalue weighted by Crippen LogP contribution is 2.60. The van der Waals surface area contributed by atoms with Crippen LogP contribution >= 0.6 is 0 Å². The molecule has 2 nitrogen and oxygen atoms in total. The van der Waals surface area contributed by atoms with Crippen LogP contribution in [0.1, 0.15) is 71.1 Å². The predicted octanol–water partition coefficient (Wildman–Crippen LogP) is 3.90. The van der Waals surface area contributed by atoms with E-state index in [2.05, 4.69) is 12.2 Å². The Morgan fingerprint density at radius 3 is 1.90 bits per heavy atom. The van der Waals surface area contributed by atoms with Gasteiger partial charge in [-0.1, -0.05) is 6.92 Å². The van der Waals surface area contributed by atoms with Crippen molar-refractivity contribution in [3.8, 4) is 0 Å². The highest BCUT2D eigenvalue weighted by Gasteiger charge is 2.54. The molecule has 0 aromatic heterocycles. The van der Waals surface area contributed by atoms with E-state index in [-0.39, 0.29) is 5.41 Å². The fraction of sp³-hybridized carbons (Fsp3) is 0.944. The molecule has 1 N–H and O–H groups in total. The van der Waals surface area contributed by atoms with Crippen LogP contribution in [0, 0.1) is 29.1 Å². The summed E-state index contributed by atoms with van der Waals surface area (Å²) in [6.07, 6.45) is 12.9. The Morgan fingerprint density at radius 2 is 1.40 bits per heavy atom. The molecule has 5 aliphatic rings. The maximum absolute atomic E-state index is 12.9. The van der Waals surface area contributed by atoms with Crippen LogP contribution in [0.3, 0.4) is 0 Å². The number of hydrogen-bond acceptors (Lipinski definition) is 1. The van der Waals surface area contributed by atoms with Crippen molar-refractivity contribution >= 4 is 5.91 Å². The third-order valence-corrected chi connectivity index (χ3v) is 6.87. The van der Waals surface area contributed by atoms with Crippen molar-refractivity contribution < 1.29 is 4.79 Å². The lowest BCUT2D eigenvalue weighted by molar-refractivity contribution is -0.147. The van der Waals surface area contributed by atoms with Crippen molar-refractivity contribution in [2.24, 2.45) is 29.1 Å². The molecule has 0 atom stereocenters. The largest absolute Gasteiger partial charge is 0.353 e. The van der Waals surface area contributed by atoms with Crippen molar-refractivity contribution in [1.82, 2.24) is 5.32 Å². The van der Waals surface area contributed by atoms with Gasteiger partial charge in [0.2, 0.25) is 5.91 Å². The Bertz CT molecular complexity index is 359. The highest BCUT2D eigenvalue weighted by molar-refractivity contribution is 5.83. The summed E-state index contributed by atoms with van der Waals surface area (Å²) >= 11 is 0. The van der Waals surface area contributed by atoms with Gasteiger partial charge in [0.25, 0.3) is 0 Å². The van der Waals surface area contributed by atoms with Crippen LogP contribution in [-0.2, 0) is 4.79 Å². The van der Waals surface area contributed by atoms with Gasteiger partial charge in [0, 0.05) is 11.5 Å². The molecule has 0 saturated heterocycles. The zero-order valence-electron chi connectivity index (χ0n) is 12.9. The van der Waals surface area contributed by atoms with Gasteiger partial charge in [-0.15, -0.1) is 0 Å². The van der Waals surface area contributed by atoms with Crippen LogP contribution in [-0.4, -0.2) is 11.9 Å². The molecule has 0 spiro atoms. The first-order chi connectivity index (χ1) is 9.63. The highest BCUT2D eigenvalue weighted by atomic mass is 16.2. The first-order valence-corrected chi connectivity index (χ1v) is 8.94. The maximum atomic E-state index is 12.9. The minimum atomic E-state index is 0.0534. The molecule has 5 saturated carbocycles. The zero-order valence-corrected chi connectivity index (χ0v) is 12.9. The fourth-order valence-corrected chi connectivity index (χ4v) is 6.13. The molecule has 5 rings (SSSR count). The van der Waals surface area contributed by atoms with Crippen molar-refractivity contribution in [3.63, 3.8) is 0 Å². The minimum Gasteiger partial charge on any atom is -0.353 e. The van der Waals surface area contributed by atoms with E-state index in [1.54, 1.807) is 0 Å². The predicted molar refractivity (Wildman–Crippen MR) is 80.2 cm³/mol. The second kappa shape index (κ2) is 4.74. The van der Waals surface area contributed by atoms with Crippen molar-refractivity contribution in [2.45, 2.75) is 77.2 Å². The lowest BCUT2D eigenvalue weighted by Gasteiger charge is -2.56. The average molecular weight is 275 g/mol. The number of nitrogens with one attached hydrogen (secondary N) is 1. The second-order valence-corrected chi connectivity index (χ2v) is 8.63. The Balaban J connectivity index is 1.43. The van der Waals surface area contributed by atoms with E-state index in [1.807, 2.05) is 0 Å². The van der Waals surface area contributed by atoms with Crippen LogP contribution in [0.2, 0.25) is 0 Å². The molecule has 0 aromatic carbocycles. The quantitative estimate of drug-likeness (QED) is 0.813. The van der Waals surface area contributed by atoms with Gasteiger partial charge in [-0.25, -0.2) is 0 Å². The monoisotopic (exact) mass is 275 g/mol. The topological polar surface area (TPSA) is 29.1 Å². The van der Waals surface area contributed by atoms with Crippen LogP contribution in [0.4, 0.5) is 0 Å². The van der Waals surface area contributed by atoms with Crippen LogP contribution in [0.15, 0.2) is 0 Å². The lowest BCUT2D eigenvalue weighted by Crippen LogP contribution is -2.55. The summed E-state index contributed by atoms with van der Waals surface area (Å²) in [6, 6.07) is 0.478. The Labute approximate surface area is 123 Å². The van der Waals surface area contributed by atoms with Crippen molar-refractivity contribution in [2.75, 3.05) is 0 Å². The number of hydrogen-bond donors (Lipinski definition) is 1. The molecule has 20 heavy (non-hydrogen) atoms. The number of carbonyl (C=O) groups excluding carboxylic acids is 1. The summed E-state index contributed by atoms with van der Waals surface area (Å²) < 4.78 is 0. The summed E-state index contributed by atoms with van der Waals surface area (Å²) in [5.74, 6) is 3.92. The van der Waals surface area contributed by atoms with E-state index in [9.17, 15) is 4.79 Å². The summed E-state index contributed by atoms with van der Waals surface area (Å²) in [5.41, 5.74) is 0.0534. The Morgan fingerprint density at radius 1 is 0.900 bits per heavy atom. The second-order valence-electron chi connectivity index (χ2n) is 8.63. The summed E-state index contributed by atoms with van der Waals surface area (Å²) in [7, 11) is 0. The van der Waals surface area contributed by atoms with E-state index in [0.717, 1.165) is 23.7 Å². The van der Waals surface area contributed by atoms with Gasteiger partial charge >= 0.3 is 0 Å². The lowest BCUT2D eigenvalue weighted by atomic mass is 9.49. The molecule has 1 amide bonds. The summed E-state index contributed by atoms with van der Waals surface area (Å²) in [6.45, 7) is 2.34. The smallest absolute Gasteiger partial charge is 0.226 e. The average Bonchev–Trinajstić information content (AvgIpc) is 2.40. The summed E-state index contributed by atoms with van der Waals surface area (Å²) in [4.78, 5) is 12.9. The van der Waals surface area contributed by atoms with Gasteiger partial charge < -0.3 is 5.32 Å². The van der Waals surface area contributed by atoms with E-state index >= 15 is 0 Å². The molecule has 5 aliphatic carbocycles. The maximum Gasteiger partial charge on any atom is 0.226 e. The standard InChI is InChI=1S/C18H29NO/c1-12-2-4-16(5-3-12)19-17(20)18-9-13-6-14(10-18)8-15(7-13)11-18/h12-16H,2-11H2,1H3,(H,19,20). The first-order valence-electron chi connectivity index (χ1n) is 8.94. The van der Waals surface area contributed by atoms with Gasteiger partial charge in [-0.3, -0.25) is 4.79 Å². The van der Waals surface area contributed by atoms with Gasteiger partial charge in [-0.05, 0) is 87.9 Å². The molecule has 2 heteroatoms. The van der Waals surface area contributed by atoms with E-state index in [0.29, 0.717) is 11.9 Å². The molecule has 0 heterocycles. The van der Waals surface area contributed by atoms with E-state index in [1.165, 1.54) is 64.2 Å². The third-order valence-electron chi connectivity index (χ3n) is 6.87. The molecular weight excluding hydrogens is 246 g/mol. The molecule has 0 aromatic rings. The van der Waals surface area contributed by atoms with Gasteiger partial charge in [0.05, 0.1) is 0 Å². The van der Waals surface area contributed by atoms with Crippen molar-refractivity contribution in [3.05, 3.63) is 0 Å². The van der Waals surface area contributed by atoms with Gasteiger partial charge in [0.15, 0.2) is 0 Å². The molecule has 0 aliphatic heterocycles. The molecular formula is C18H29NO. The van der Waals surface area contributed by atoms with Gasteiger partial charge in [0.1, 0.15) is 0 Å². The Hall–Kier alpha value is -0.530. The van der Waals surface area contributed by atoms with Crippen LogP contribution in [0.25, 0.3) is 0 Å². The minimum absolute atomic E-state index is 0.0534. The zero-order chi connectivity index (χ0) is 13.7. The molecule has 5 fully saturated rings. The SMILES string of the molecule is CC1CCC(NC(=O)C23CC4CC(CC(C4)C2)C3)CC1. The third kappa shape index (κ3) is 2.19. The van der Waals surface area contributed by atoms with E-state index < -0.39 is 0 Å². The first kappa shape index (κ1) is 13.2. The van der Waals surface area contributed by atoms with Crippen molar-refractivity contribution in [1.29, 1.82) is 0 Å².